The van der Waals surface area contributed by atoms with E-state index in [0.717, 1.165) is 23.2 Å². The van der Waals surface area contributed by atoms with E-state index in [1.165, 1.54) is 5.56 Å². The Labute approximate surface area is 171 Å². The van der Waals surface area contributed by atoms with E-state index in [1.54, 1.807) is 6.20 Å². The monoisotopic (exact) mass is 396 g/mol. The Balaban J connectivity index is 1.67. The average Bonchev–Trinajstić information content (AvgIpc) is 2.70. The van der Waals surface area contributed by atoms with Crippen molar-refractivity contribution in [1.82, 2.24) is 10.3 Å². The van der Waals surface area contributed by atoms with Crippen LogP contribution in [-0.4, -0.2) is 11.6 Å². The fourth-order valence-electron chi connectivity index (χ4n) is 2.82. The molecule has 1 aromatic heterocycles. The maximum absolute atomic E-state index is 6.51. The highest BCUT2D eigenvalue weighted by molar-refractivity contribution is 6.32. The molecule has 0 saturated heterocycles. The Hall–Kier alpha value is -2.56. The first-order chi connectivity index (χ1) is 13.7. The second-order valence-corrected chi connectivity index (χ2v) is 6.98. The van der Waals surface area contributed by atoms with Gasteiger partial charge in [-0.05, 0) is 48.7 Å². The lowest BCUT2D eigenvalue weighted by Gasteiger charge is -2.16. The summed E-state index contributed by atoms with van der Waals surface area (Å²) in [5.41, 5.74) is 4.49. The molecule has 1 N–H and O–H groups in total. The van der Waals surface area contributed by atoms with Crippen LogP contribution in [0.4, 0.5) is 0 Å². The molecule has 4 nitrogen and oxygen atoms in total. The fourth-order valence-corrected chi connectivity index (χ4v) is 3.11. The molecule has 0 aliphatic rings. The molecule has 5 heteroatoms. The zero-order valence-corrected chi connectivity index (χ0v) is 17.0. The number of hydrogen-bond acceptors (Lipinski definition) is 4. The van der Waals surface area contributed by atoms with Crippen LogP contribution in [0.5, 0.6) is 11.5 Å². The zero-order valence-electron chi connectivity index (χ0n) is 16.2. The molecule has 146 valence electrons. The van der Waals surface area contributed by atoms with Gasteiger partial charge in [-0.15, -0.1) is 0 Å². The topological polar surface area (TPSA) is 43.4 Å². The molecular formula is C23H25ClN2O2. The minimum Gasteiger partial charge on any atom is -0.490 e. The Bertz CT molecular complexity index is 883. The average molecular weight is 397 g/mol. The Morgan fingerprint density at radius 3 is 2.46 bits per heavy atom. The number of aromatic nitrogens is 1. The number of pyridine rings is 1. The summed E-state index contributed by atoms with van der Waals surface area (Å²) in [6, 6.07) is 16.1. The standard InChI is InChI=1S/C23H25ClN2O2/c1-3-27-22-12-20(15-26-14-19-5-4-10-25-13-19)11-21(24)23(22)28-16-18-8-6-17(2)7-9-18/h4-13,26H,3,14-16H2,1-2H3. The van der Waals surface area contributed by atoms with Crippen LogP contribution in [0.15, 0.2) is 60.9 Å². The first kappa shape index (κ1) is 20.2. The van der Waals surface area contributed by atoms with Crippen LogP contribution < -0.4 is 14.8 Å². The number of benzene rings is 2. The molecule has 0 spiro atoms. The lowest BCUT2D eigenvalue weighted by Crippen LogP contribution is -2.13. The molecule has 28 heavy (non-hydrogen) atoms. The van der Waals surface area contributed by atoms with E-state index in [-0.39, 0.29) is 0 Å². The number of rotatable bonds is 9. The van der Waals surface area contributed by atoms with Gasteiger partial charge in [0, 0.05) is 25.5 Å². The number of hydrogen-bond donors (Lipinski definition) is 1. The van der Waals surface area contributed by atoms with Crippen LogP contribution in [0.25, 0.3) is 0 Å². The summed E-state index contributed by atoms with van der Waals surface area (Å²) < 4.78 is 11.8. The molecule has 0 unspecified atom stereocenters. The van der Waals surface area contributed by atoms with Crippen LogP contribution in [0.3, 0.4) is 0 Å². The highest BCUT2D eigenvalue weighted by atomic mass is 35.5. The number of aryl methyl sites for hydroxylation is 1. The molecule has 0 aliphatic carbocycles. The van der Waals surface area contributed by atoms with Gasteiger partial charge in [0.1, 0.15) is 6.61 Å². The Morgan fingerprint density at radius 2 is 1.75 bits per heavy atom. The summed E-state index contributed by atoms with van der Waals surface area (Å²) in [6.07, 6.45) is 3.63. The summed E-state index contributed by atoms with van der Waals surface area (Å²) in [6.45, 7) is 6.41. The van der Waals surface area contributed by atoms with Crippen molar-refractivity contribution < 1.29 is 9.47 Å². The van der Waals surface area contributed by atoms with E-state index in [2.05, 4.69) is 41.5 Å². The van der Waals surface area contributed by atoms with Gasteiger partial charge in [0.15, 0.2) is 11.5 Å². The van der Waals surface area contributed by atoms with Crippen LogP contribution >= 0.6 is 11.6 Å². The summed E-state index contributed by atoms with van der Waals surface area (Å²) in [5.74, 6) is 1.25. The number of nitrogens with zero attached hydrogens (tertiary/aromatic N) is 1. The fraction of sp³-hybridized carbons (Fsp3) is 0.261. The van der Waals surface area contributed by atoms with E-state index >= 15 is 0 Å². The third-order valence-electron chi connectivity index (χ3n) is 4.25. The van der Waals surface area contributed by atoms with Gasteiger partial charge >= 0.3 is 0 Å². The Kier molecular flexibility index (Phi) is 7.29. The molecule has 1 heterocycles. The minimum absolute atomic E-state index is 0.443. The van der Waals surface area contributed by atoms with E-state index in [9.17, 15) is 0 Å². The quantitative estimate of drug-likeness (QED) is 0.532. The van der Waals surface area contributed by atoms with E-state index < -0.39 is 0 Å². The Morgan fingerprint density at radius 1 is 0.964 bits per heavy atom. The normalized spacial score (nSPS) is 10.7. The van der Waals surface area contributed by atoms with Gasteiger partial charge < -0.3 is 14.8 Å². The van der Waals surface area contributed by atoms with Gasteiger partial charge in [0.05, 0.1) is 11.6 Å². The molecule has 3 aromatic rings. The zero-order chi connectivity index (χ0) is 19.8. The summed E-state index contributed by atoms with van der Waals surface area (Å²) >= 11 is 6.51. The molecule has 0 bridgehead atoms. The lowest BCUT2D eigenvalue weighted by molar-refractivity contribution is 0.269. The van der Waals surface area contributed by atoms with Crippen molar-refractivity contribution >= 4 is 11.6 Å². The van der Waals surface area contributed by atoms with Crippen LogP contribution in [0, 0.1) is 6.92 Å². The first-order valence-electron chi connectivity index (χ1n) is 9.39. The van der Waals surface area contributed by atoms with Crippen molar-refractivity contribution in [3.63, 3.8) is 0 Å². The van der Waals surface area contributed by atoms with Crippen molar-refractivity contribution in [1.29, 1.82) is 0 Å². The maximum atomic E-state index is 6.51. The van der Waals surface area contributed by atoms with Gasteiger partial charge in [-0.2, -0.15) is 0 Å². The molecule has 3 rings (SSSR count). The van der Waals surface area contributed by atoms with Crippen LogP contribution in [0.1, 0.15) is 29.2 Å². The second kappa shape index (κ2) is 10.1. The predicted octanol–water partition coefficient (Wildman–Crippen LogP) is 5.31. The molecule has 0 atom stereocenters. The third kappa shape index (κ3) is 5.72. The summed E-state index contributed by atoms with van der Waals surface area (Å²) in [5, 5.41) is 3.95. The maximum Gasteiger partial charge on any atom is 0.180 e. The van der Waals surface area contributed by atoms with E-state index in [4.69, 9.17) is 21.1 Å². The highest BCUT2D eigenvalue weighted by Crippen LogP contribution is 2.37. The van der Waals surface area contributed by atoms with Crippen molar-refractivity contribution in [2.75, 3.05) is 6.61 Å². The second-order valence-electron chi connectivity index (χ2n) is 6.58. The van der Waals surface area contributed by atoms with Gasteiger partial charge in [-0.1, -0.05) is 47.5 Å². The number of ether oxygens (including phenoxy) is 2. The third-order valence-corrected chi connectivity index (χ3v) is 4.53. The van der Waals surface area contributed by atoms with E-state index in [1.807, 2.05) is 37.4 Å². The first-order valence-corrected chi connectivity index (χ1v) is 9.76. The van der Waals surface area contributed by atoms with Crippen LogP contribution in [-0.2, 0) is 19.7 Å². The summed E-state index contributed by atoms with van der Waals surface area (Å²) in [4.78, 5) is 4.13. The van der Waals surface area contributed by atoms with Crippen molar-refractivity contribution in [2.24, 2.45) is 0 Å². The van der Waals surface area contributed by atoms with E-state index in [0.29, 0.717) is 36.3 Å². The molecule has 0 radical (unpaired) electrons. The smallest absolute Gasteiger partial charge is 0.180 e. The van der Waals surface area contributed by atoms with Crippen molar-refractivity contribution in [3.05, 3.63) is 88.2 Å². The molecule has 0 fully saturated rings. The lowest BCUT2D eigenvalue weighted by atomic mass is 10.1. The van der Waals surface area contributed by atoms with Crippen molar-refractivity contribution in [2.45, 2.75) is 33.5 Å². The van der Waals surface area contributed by atoms with Crippen LogP contribution in [0.2, 0.25) is 5.02 Å². The van der Waals surface area contributed by atoms with Gasteiger partial charge in [-0.25, -0.2) is 0 Å². The molecule has 2 aromatic carbocycles. The van der Waals surface area contributed by atoms with Crippen molar-refractivity contribution in [3.8, 4) is 11.5 Å². The molecule has 0 saturated carbocycles. The summed E-state index contributed by atoms with van der Waals surface area (Å²) in [7, 11) is 0. The van der Waals surface area contributed by atoms with Gasteiger partial charge in [0.25, 0.3) is 0 Å². The SMILES string of the molecule is CCOc1cc(CNCc2cccnc2)cc(Cl)c1OCc1ccc(C)cc1. The largest absolute Gasteiger partial charge is 0.490 e. The highest BCUT2D eigenvalue weighted by Gasteiger charge is 2.13. The number of halogens is 1. The van der Waals surface area contributed by atoms with Gasteiger partial charge in [0.2, 0.25) is 0 Å². The number of nitrogens with one attached hydrogen (secondary N) is 1. The predicted molar refractivity (Wildman–Crippen MR) is 113 cm³/mol. The molecular weight excluding hydrogens is 372 g/mol. The minimum atomic E-state index is 0.443. The molecule has 0 aliphatic heterocycles. The molecule has 0 amide bonds. The van der Waals surface area contributed by atoms with Gasteiger partial charge in [-0.3, -0.25) is 4.98 Å².